The Morgan fingerprint density at radius 3 is 2.33 bits per heavy atom. The standard InChI is InChI=1S/C20H30F2O2/c1-3-4-14-24-18-12-10-17(11-13-18)20(23,15(2)19(21)22)16-8-6-5-7-9-16/h10-13,15-16,19,23H,3-9,14H2,1-2H3. The number of aliphatic hydroxyl groups is 1. The van der Waals surface area contributed by atoms with Crippen LogP contribution in [0.5, 0.6) is 5.75 Å². The van der Waals surface area contributed by atoms with Gasteiger partial charge < -0.3 is 9.84 Å². The lowest BCUT2D eigenvalue weighted by Gasteiger charge is -2.43. The van der Waals surface area contributed by atoms with E-state index in [0.29, 0.717) is 12.2 Å². The Kier molecular flexibility index (Phi) is 7.02. The minimum atomic E-state index is -2.54. The zero-order valence-electron chi connectivity index (χ0n) is 14.8. The predicted molar refractivity (Wildman–Crippen MR) is 92.5 cm³/mol. The molecule has 1 fully saturated rings. The van der Waals surface area contributed by atoms with Crippen LogP contribution in [0, 0.1) is 11.8 Å². The zero-order chi connectivity index (χ0) is 17.6. The molecule has 1 aromatic carbocycles. The second kappa shape index (κ2) is 8.80. The van der Waals surface area contributed by atoms with E-state index in [1.165, 1.54) is 6.92 Å². The zero-order valence-corrected chi connectivity index (χ0v) is 14.8. The van der Waals surface area contributed by atoms with Gasteiger partial charge in [0.2, 0.25) is 6.43 Å². The largest absolute Gasteiger partial charge is 0.494 e. The van der Waals surface area contributed by atoms with Gasteiger partial charge in [-0.15, -0.1) is 0 Å². The molecule has 2 nitrogen and oxygen atoms in total. The van der Waals surface area contributed by atoms with Gasteiger partial charge in [-0.05, 0) is 42.9 Å². The van der Waals surface area contributed by atoms with Crippen molar-refractivity contribution in [3.8, 4) is 5.75 Å². The van der Waals surface area contributed by atoms with Crippen molar-refractivity contribution in [2.24, 2.45) is 11.8 Å². The normalized spacial score (nSPS) is 19.9. The highest BCUT2D eigenvalue weighted by Gasteiger charge is 2.46. The summed E-state index contributed by atoms with van der Waals surface area (Å²) >= 11 is 0. The van der Waals surface area contributed by atoms with Crippen LogP contribution in [-0.4, -0.2) is 18.1 Å². The van der Waals surface area contributed by atoms with Crippen LogP contribution in [-0.2, 0) is 5.60 Å². The number of alkyl halides is 2. The minimum absolute atomic E-state index is 0.109. The first-order chi connectivity index (χ1) is 11.5. The van der Waals surface area contributed by atoms with Crippen LogP contribution in [0.4, 0.5) is 8.78 Å². The first-order valence-electron chi connectivity index (χ1n) is 9.24. The van der Waals surface area contributed by atoms with E-state index < -0.39 is 17.9 Å². The molecule has 0 bridgehead atoms. The molecule has 0 radical (unpaired) electrons. The number of ether oxygens (including phenoxy) is 1. The highest BCUT2D eigenvalue weighted by Crippen LogP contribution is 2.46. The topological polar surface area (TPSA) is 29.5 Å². The Morgan fingerprint density at radius 2 is 1.79 bits per heavy atom. The Balaban J connectivity index is 2.22. The average molecular weight is 340 g/mol. The van der Waals surface area contributed by atoms with E-state index in [2.05, 4.69) is 6.92 Å². The van der Waals surface area contributed by atoms with Crippen LogP contribution >= 0.6 is 0 Å². The lowest BCUT2D eigenvalue weighted by Crippen LogP contribution is -2.45. The summed E-state index contributed by atoms with van der Waals surface area (Å²) in [5, 5.41) is 11.3. The lowest BCUT2D eigenvalue weighted by atomic mass is 9.67. The third kappa shape index (κ3) is 4.27. The quantitative estimate of drug-likeness (QED) is 0.630. The summed E-state index contributed by atoms with van der Waals surface area (Å²) in [6.07, 6.45) is 4.24. The number of rotatable bonds is 8. The van der Waals surface area contributed by atoms with Gasteiger partial charge in [-0.3, -0.25) is 0 Å². The van der Waals surface area contributed by atoms with Crippen LogP contribution in [0.1, 0.15) is 64.4 Å². The molecule has 0 saturated heterocycles. The second-order valence-corrected chi connectivity index (χ2v) is 7.01. The van der Waals surface area contributed by atoms with Crippen molar-refractivity contribution in [2.45, 2.75) is 70.8 Å². The second-order valence-electron chi connectivity index (χ2n) is 7.01. The summed E-state index contributed by atoms with van der Waals surface area (Å²) in [6, 6.07) is 7.09. The monoisotopic (exact) mass is 340 g/mol. The molecule has 0 aromatic heterocycles. The van der Waals surface area contributed by atoms with Crippen LogP contribution < -0.4 is 4.74 Å². The van der Waals surface area contributed by atoms with Gasteiger partial charge in [-0.1, -0.05) is 51.7 Å². The average Bonchev–Trinajstić information content (AvgIpc) is 2.62. The molecule has 1 N–H and O–H groups in total. The fraction of sp³-hybridized carbons (Fsp3) is 0.700. The maximum Gasteiger partial charge on any atom is 0.244 e. The first kappa shape index (κ1) is 19.2. The highest BCUT2D eigenvalue weighted by atomic mass is 19.3. The molecule has 0 amide bonds. The summed E-state index contributed by atoms with van der Waals surface area (Å²) < 4.78 is 32.6. The van der Waals surface area contributed by atoms with Crippen LogP contribution in [0.15, 0.2) is 24.3 Å². The summed E-state index contributed by atoms with van der Waals surface area (Å²) in [4.78, 5) is 0. The molecule has 1 saturated carbocycles. The van der Waals surface area contributed by atoms with E-state index in [9.17, 15) is 13.9 Å². The smallest absolute Gasteiger partial charge is 0.244 e. The molecule has 1 aliphatic carbocycles. The van der Waals surface area contributed by atoms with Crippen molar-refractivity contribution in [1.82, 2.24) is 0 Å². The molecule has 0 aliphatic heterocycles. The Labute approximate surface area is 144 Å². The van der Waals surface area contributed by atoms with E-state index in [1.54, 1.807) is 24.3 Å². The number of unbranched alkanes of at least 4 members (excludes halogenated alkanes) is 1. The van der Waals surface area contributed by atoms with Crippen molar-refractivity contribution < 1.29 is 18.6 Å². The van der Waals surface area contributed by atoms with Gasteiger partial charge in [0.1, 0.15) is 11.4 Å². The third-order valence-electron chi connectivity index (χ3n) is 5.38. The van der Waals surface area contributed by atoms with Gasteiger partial charge in [0.15, 0.2) is 0 Å². The molecular formula is C20H30F2O2. The molecule has 1 aromatic rings. The number of halogens is 2. The molecule has 1 aliphatic rings. The van der Waals surface area contributed by atoms with Gasteiger partial charge in [-0.25, -0.2) is 8.78 Å². The number of benzene rings is 1. The molecule has 2 rings (SSSR count). The van der Waals surface area contributed by atoms with Gasteiger partial charge in [0, 0.05) is 0 Å². The predicted octanol–water partition coefficient (Wildman–Crippen LogP) is 5.53. The molecule has 4 heteroatoms. The maximum atomic E-state index is 13.5. The van der Waals surface area contributed by atoms with Gasteiger partial charge in [-0.2, -0.15) is 0 Å². The highest BCUT2D eigenvalue weighted by molar-refractivity contribution is 5.32. The first-order valence-corrected chi connectivity index (χ1v) is 9.24. The maximum absolute atomic E-state index is 13.5. The molecular weight excluding hydrogens is 310 g/mol. The summed E-state index contributed by atoms with van der Waals surface area (Å²) in [6.45, 7) is 4.21. The fourth-order valence-corrected chi connectivity index (χ4v) is 3.76. The Morgan fingerprint density at radius 1 is 1.17 bits per heavy atom. The van der Waals surface area contributed by atoms with Crippen molar-refractivity contribution in [3.05, 3.63) is 29.8 Å². The minimum Gasteiger partial charge on any atom is -0.494 e. The molecule has 136 valence electrons. The molecule has 2 unspecified atom stereocenters. The van der Waals surface area contributed by atoms with Crippen molar-refractivity contribution in [1.29, 1.82) is 0 Å². The van der Waals surface area contributed by atoms with Gasteiger partial charge in [0.25, 0.3) is 0 Å². The Bertz CT molecular complexity index is 483. The summed E-state index contributed by atoms with van der Waals surface area (Å²) in [5.74, 6) is -0.475. The van der Waals surface area contributed by atoms with Crippen LogP contribution in [0.2, 0.25) is 0 Å². The molecule has 24 heavy (non-hydrogen) atoms. The van der Waals surface area contributed by atoms with Gasteiger partial charge >= 0.3 is 0 Å². The summed E-state index contributed by atoms with van der Waals surface area (Å²) in [7, 11) is 0. The number of hydrogen-bond acceptors (Lipinski definition) is 2. The molecule has 0 spiro atoms. The lowest BCUT2D eigenvalue weighted by molar-refractivity contribution is -0.128. The van der Waals surface area contributed by atoms with E-state index in [-0.39, 0.29) is 5.92 Å². The summed E-state index contributed by atoms with van der Waals surface area (Å²) in [5.41, 5.74) is -0.888. The number of hydrogen-bond donors (Lipinski definition) is 1. The van der Waals surface area contributed by atoms with E-state index in [4.69, 9.17) is 4.74 Å². The van der Waals surface area contributed by atoms with Crippen molar-refractivity contribution >= 4 is 0 Å². The van der Waals surface area contributed by atoms with Crippen molar-refractivity contribution in [2.75, 3.05) is 6.61 Å². The van der Waals surface area contributed by atoms with Crippen LogP contribution in [0.3, 0.4) is 0 Å². The van der Waals surface area contributed by atoms with E-state index in [0.717, 1.165) is 50.7 Å². The molecule has 0 heterocycles. The van der Waals surface area contributed by atoms with E-state index in [1.807, 2.05) is 0 Å². The van der Waals surface area contributed by atoms with Crippen LogP contribution in [0.25, 0.3) is 0 Å². The van der Waals surface area contributed by atoms with Gasteiger partial charge in [0.05, 0.1) is 12.5 Å². The fourth-order valence-electron chi connectivity index (χ4n) is 3.76. The SMILES string of the molecule is CCCCOc1ccc(C(O)(C2CCCCC2)C(C)C(F)F)cc1. The van der Waals surface area contributed by atoms with E-state index >= 15 is 0 Å². The third-order valence-corrected chi connectivity index (χ3v) is 5.38. The Hall–Kier alpha value is -1.16. The molecule has 2 atom stereocenters. The van der Waals surface area contributed by atoms with Crippen molar-refractivity contribution in [3.63, 3.8) is 0 Å².